The van der Waals surface area contributed by atoms with Gasteiger partial charge in [0.2, 0.25) is 0 Å². The number of carbonyl (C=O) groups is 1. The number of allylic oxidation sites excluding steroid dienone is 1. The van der Waals surface area contributed by atoms with Crippen molar-refractivity contribution in [2.75, 3.05) is 7.11 Å². The first-order chi connectivity index (χ1) is 7.18. The molecule has 1 atom stereocenters. The summed E-state index contributed by atoms with van der Waals surface area (Å²) in [5, 5.41) is 0. The zero-order valence-electron chi connectivity index (χ0n) is 9.55. The van der Waals surface area contributed by atoms with Gasteiger partial charge in [0.1, 0.15) is 0 Å². The molecule has 0 bridgehead atoms. The number of methoxy groups -OCH3 is 1. The van der Waals surface area contributed by atoms with Gasteiger partial charge >= 0.3 is 5.97 Å². The first-order valence-electron chi connectivity index (χ1n) is 5.94. The lowest BCUT2D eigenvalue weighted by molar-refractivity contribution is -0.141. The normalized spacial score (nSPS) is 28.6. The molecular formula is C13H20O2. The Kier molecular flexibility index (Phi) is 2.85. The molecule has 0 aromatic heterocycles. The van der Waals surface area contributed by atoms with E-state index in [4.69, 9.17) is 4.74 Å². The van der Waals surface area contributed by atoms with Crippen LogP contribution in [0.25, 0.3) is 0 Å². The summed E-state index contributed by atoms with van der Waals surface area (Å²) in [6.45, 7) is 4.25. The lowest BCUT2D eigenvalue weighted by Gasteiger charge is -2.22. The van der Waals surface area contributed by atoms with E-state index in [1.807, 2.05) is 0 Å². The van der Waals surface area contributed by atoms with Gasteiger partial charge in [-0.1, -0.05) is 25.0 Å². The molecule has 1 unspecified atom stereocenters. The van der Waals surface area contributed by atoms with E-state index in [2.05, 4.69) is 6.58 Å². The van der Waals surface area contributed by atoms with Crippen molar-refractivity contribution in [3.8, 4) is 0 Å². The fourth-order valence-electron chi connectivity index (χ4n) is 2.85. The van der Waals surface area contributed by atoms with Crippen LogP contribution in [-0.2, 0) is 9.53 Å². The predicted molar refractivity (Wildman–Crippen MR) is 59.4 cm³/mol. The van der Waals surface area contributed by atoms with Crippen LogP contribution in [0.15, 0.2) is 12.2 Å². The van der Waals surface area contributed by atoms with Crippen LogP contribution in [0.3, 0.4) is 0 Å². The molecular weight excluding hydrogens is 188 g/mol. The van der Waals surface area contributed by atoms with E-state index >= 15 is 0 Å². The van der Waals surface area contributed by atoms with Crippen LogP contribution >= 0.6 is 0 Å². The van der Waals surface area contributed by atoms with Gasteiger partial charge < -0.3 is 4.74 Å². The largest absolute Gasteiger partial charge is 0.469 e. The second-order valence-corrected chi connectivity index (χ2v) is 5.03. The van der Waals surface area contributed by atoms with Crippen molar-refractivity contribution >= 4 is 5.97 Å². The second kappa shape index (κ2) is 3.99. The van der Waals surface area contributed by atoms with Crippen molar-refractivity contribution in [1.82, 2.24) is 0 Å². The lowest BCUT2D eigenvalue weighted by atomic mass is 9.83. The Bertz CT molecular complexity index is 276. The van der Waals surface area contributed by atoms with Gasteiger partial charge in [0.15, 0.2) is 0 Å². The van der Waals surface area contributed by atoms with Gasteiger partial charge in [-0.25, -0.2) is 0 Å². The molecule has 2 aliphatic carbocycles. The minimum Gasteiger partial charge on any atom is -0.469 e. The fourth-order valence-corrected chi connectivity index (χ4v) is 2.85. The Balaban J connectivity index is 2.03. The van der Waals surface area contributed by atoms with Crippen molar-refractivity contribution in [1.29, 1.82) is 0 Å². The van der Waals surface area contributed by atoms with Crippen LogP contribution in [0.5, 0.6) is 0 Å². The predicted octanol–water partition coefficient (Wildman–Crippen LogP) is 3.08. The van der Waals surface area contributed by atoms with Crippen LogP contribution in [0.2, 0.25) is 0 Å². The molecule has 1 spiro atoms. The summed E-state index contributed by atoms with van der Waals surface area (Å²) in [6.07, 6.45) is 8.09. The Labute approximate surface area is 91.7 Å². The van der Waals surface area contributed by atoms with Crippen molar-refractivity contribution in [2.45, 2.75) is 44.9 Å². The first-order valence-corrected chi connectivity index (χ1v) is 5.94. The standard InChI is InChI=1S/C13H20O2/c1-10-11(9-12(14)15-2)5-3-4-6-13(10)7-8-13/h11H,1,3-9H2,2H3. The highest BCUT2D eigenvalue weighted by Crippen LogP contribution is 2.59. The van der Waals surface area contributed by atoms with Crippen LogP contribution in [0.4, 0.5) is 0 Å². The van der Waals surface area contributed by atoms with Gasteiger partial charge in [0, 0.05) is 0 Å². The van der Waals surface area contributed by atoms with E-state index < -0.39 is 0 Å². The van der Waals surface area contributed by atoms with Crippen LogP contribution in [-0.4, -0.2) is 13.1 Å². The molecule has 2 nitrogen and oxygen atoms in total. The number of hydrogen-bond acceptors (Lipinski definition) is 2. The zero-order valence-corrected chi connectivity index (χ0v) is 9.55. The molecule has 2 saturated carbocycles. The fraction of sp³-hybridized carbons (Fsp3) is 0.769. The SMILES string of the molecule is C=C1C(CC(=O)OC)CCCCC12CC2. The van der Waals surface area contributed by atoms with E-state index in [1.54, 1.807) is 0 Å². The average molecular weight is 208 g/mol. The molecule has 0 saturated heterocycles. The summed E-state index contributed by atoms with van der Waals surface area (Å²) < 4.78 is 4.75. The molecule has 2 aliphatic rings. The Morgan fingerprint density at radius 1 is 1.47 bits per heavy atom. The van der Waals surface area contributed by atoms with E-state index in [0.29, 0.717) is 17.8 Å². The van der Waals surface area contributed by atoms with Crippen LogP contribution in [0.1, 0.15) is 44.9 Å². The quantitative estimate of drug-likeness (QED) is 0.515. The molecule has 2 fully saturated rings. The number of ether oxygens (including phenoxy) is 1. The van der Waals surface area contributed by atoms with Gasteiger partial charge in [-0.2, -0.15) is 0 Å². The maximum Gasteiger partial charge on any atom is 0.306 e. The van der Waals surface area contributed by atoms with Gasteiger partial charge in [-0.05, 0) is 37.0 Å². The molecule has 2 rings (SSSR count). The molecule has 0 heterocycles. The molecule has 0 N–H and O–H groups in total. The number of carbonyl (C=O) groups excluding carboxylic acids is 1. The third kappa shape index (κ3) is 2.09. The molecule has 84 valence electrons. The molecule has 0 radical (unpaired) electrons. The topological polar surface area (TPSA) is 26.3 Å². The summed E-state index contributed by atoms with van der Waals surface area (Å²) in [7, 11) is 1.47. The molecule has 0 amide bonds. The zero-order chi connectivity index (χ0) is 10.9. The second-order valence-electron chi connectivity index (χ2n) is 5.03. The smallest absolute Gasteiger partial charge is 0.306 e. The molecule has 0 aromatic rings. The Morgan fingerprint density at radius 2 is 2.20 bits per heavy atom. The van der Waals surface area contributed by atoms with E-state index in [9.17, 15) is 4.79 Å². The number of hydrogen-bond donors (Lipinski definition) is 0. The summed E-state index contributed by atoms with van der Waals surface area (Å²) >= 11 is 0. The molecule has 15 heavy (non-hydrogen) atoms. The highest BCUT2D eigenvalue weighted by molar-refractivity contribution is 5.70. The van der Waals surface area contributed by atoms with E-state index in [1.165, 1.54) is 44.8 Å². The third-order valence-electron chi connectivity index (χ3n) is 4.13. The van der Waals surface area contributed by atoms with Crippen molar-refractivity contribution in [3.63, 3.8) is 0 Å². The summed E-state index contributed by atoms with van der Waals surface area (Å²) in [5.74, 6) is 0.293. The van der Waals surface area contributed by atoms with Gasteiger partial charge in [-0.3, -0.25) is 4.79 Å². The lowest BCUT2D eigenvalue weighted by Crippen LogP contribution is -2.15. The maximum absolute atomic E-state index is 11.3. The number of esters is 1. The van der Waals surface area contributed by atoms with E-state index in [-0.39, 0.29) is 5.97 Å². The molecule has 2 heteroatoms. The molecule has 0 aromatic carbocycles. The van der Waals surface area contributed by atoms with Crippen molar-refractivity contribution in [2.24, 2.45) is 11.3 Å². The summed E-state index contributed by atoms with van der Waals surface area (Å²) in [5.41, 5.74) is 1.76. The summed E-state index contributed by atoms with van der Waals surface area (Å²) in [6, 6.07) is 0. The summed E-state index contributed by atoms with van der Waals surface area (Å²) in [4.78, 5) is 11.3. The monoisotopic (exact) mass is 208 g/mol. The Hall–Kier alpha value is -0.790. The first kappa shape index (κ1) is 10.7. The van der Waals surface area contributed by atoms with Gasteiger partial charge in [-0.15, -0.1) is 0 Å². The van der Waals surface area contributed by atoms with Crippen LogP contribution < -0.4 is 0 Å². The molecule has 0 aliphatic heterocycles. The Morgan fingerprint density at radius 3 is 2.80 bits per heavy atom. The maximum atomic E-state index is 11.3. The van der Waals surface area contributed by atoms with Crippen LogP contribution in [0, 0.1) is 11.3 Å². The van der Waals surface area contributed by atoms with Crippen molar-refractivity contribution < 1.29 is 9.53 Å². The van der Waals surface area contributed by atoms with Gasteiger partial charge in [0.25, 0.3) is 0 Å². The minimum atomic E-state index is -0.0844. The van der Waals surface area contributed by atoms with Crippen molar-refractivity contribution in [3.05, 3.63) is 12.2 Å². The average Bonchev–Trinajstić information content (AvgIpc) is 3.03. The third-order valence-corrected chi connectivity index (χ3v) is 4.13. The van der Waals surface area contributed by atoms with Gasteiger partial charge in [0.05, 0.1) is 13.5 Å². The number of rotatable bonds is 2. The highest BCUT2D eigenvalue weighted by Gasteiger charge is 2.47. The highest BCUT2D eigenvalue weighted by atomic mass is 16.5. The minimum absolute atomic E-state index is 0.0844. The van der Waals surface area contributed by atoms with E-state index in [0.717, 1.165) is 6.42 Å².